The third kappa shape index (κ3) is 6.89. The summed E-state index contributed by atoms with van der Waals surface area (Å²) in [6.07, 6.45) is 0. The van der Waals surface area contributed by atoms with E-state index in [0.29, 0.717) is 16.0 Å². The third-order valence-corrected chi connectivity index (χ3v) is 2.56. The summed E-state index contributed by atoms with van der Waals surface area (Å²) >= 11 is 11.8. The Kier molecular flexibility index (Phi) is 6.90. The molecule has 0 spiro atoms. The van der Waals surface area contributed by atoms with Gasteiger partial charge < -0.3 is 10.1 Å². The van der Waals surface area contributed by atoms with E-state index in [0.717, 1.165) is 31.9 Å². The molecule has 1 aromatic carbocycles. The minimum atomic E-state index is 0.585. The molecule has 1 rings (SSSR count). The van der Waals surface area contributed by atoms with Crippen molar-refractivity contribution in [3.05, 3.63) is 33.8 Å². The first-order valence-electron chi connectivity index (χ1n) is 5.81. The molecular weight excluding hydrogens is 257 g/mol. The third-order valence-electron chi connectivity index (χ3n) is 2.13. The number of halogens is 2. The van der Waals surface area contributed by atoms with Crippen LogP contribution in [0.5, 0.6) is 0 Å². The fourth-order valence-electron chi connectivity index (χ4n) is 1.41. The summed E-state index contributed by atoms with van der Waals surface area (Å²) < 4.78 is 5.47. The van der Waals surface area contributed by atoms with Gasteiger partial charge in [0.25, 0.3) is 0 Å². The molecule has 0 aliphatic rings. The zero-order valence-corrected chi connectivity index (χ0v) is 11.8. The number of hydrogen-bond acceptors (Lipinski definition) is 2. The molecule has 4 heteroatoms. The van der Waals surface area contributed by atoms with Crippen molar-refractivity contribution >= 4 is 23.2 Å². The molecule has 1 N–H and O–H groups in total. The fourth-order valence-corrected chi connectivity index (χ4v) is 1.98. The Morgan fingerprint density at radius 1 is 1.18 bits per heavy atom. The SMILES string of the molecule is CC(C)COCCNCc1cc(Cl)cc(Cl)c1. The zero-order chi connectivity index (χ0) is 12.7. The van der Waals surface area contributed by atoms with Crippen molar-refractivity contribution in [2.24, 2.45) is 5.92 Å². The van der Waals surface area contributed by atoms with Gasteiger partial charge in [0, 0.05) is 29.7 Å². The van der Waals surface area contributed by atoms with E-state index in [1.807, 2.05) is 12.1 Å². The lowest BCUT2D eigenvalue weighted by Gasteiger charge is -2.08. The van der Waals surface area contributed by atoms with Gasteiger partial charge in [-0.15, -0.1) is 0 Å². The van der Waals surface area contributed by atoms with Gasteiger partial charge in [-0.1, -0.05) is 37.0 Å². The van der Waals surface area contributed by atoms with Gasteiger partial charge in [0.05, 0.1) is 6.61 Å². The molecule has 0 atom stereocenters. The molecule has 0 aliphatic heterocycles. The van der Waals surface area contributed by atoms with Crippen LogP contribution in [0.2, 0.25) is 10.0 Å². The van der Waals surface area contributed by atoms with Crippen LogP contribution in [0.1, 0.15) is 19.4 Å². The van der Waals surface area contributed by atoms with Crippen molar-refractivity contribution in [2.45, 2.75) is 20.4 Å². The maximum atomic E-state index is 5.91. The molecule has 0 fully saturated rings. The molecule has 0 saturated heterocycles. The maximum absolute atomic E-state index is 5.91. The molecule has 0 aliphatic carbocycles. The van der Waals surface area contributed by atoms with Gasteiger partial charge in [-0.3, -0.25) is 0 Å². The van der Waals surface area contributed by atoms with E-state index < -0.39 is 0 Å². The number of nitrogens with one attached hydrogen (secondary N) is 1. The van der Waals surface area contributed by atoms with Crippen molar-refractivity contribution in [1.29, 1.82) is 0 Å². The molecule has 17 heavy (non-hydrogen) atoms. The van der Waals surface area contributed by atoms with E-state index in [2.05, 4.69) is 19.2 Å². The van der Waals surface area contributed by atoms with E-state index in [-0.39, 0.29) is 0 Å². The Balaban J connectivity index is 2.18. The molecule has 0 unspecified atom stereocenters. The summed E-state index contributed by atoms with van der Waals surface area (Å²) in [7, 11) is 0. The standard InChI is InChI=1S/C13H19Cl2NO/c1-10(2)9-17-4-3-16-8-11-5-12(14)7-13(15)6-11/h5-7,10,16H,3-4,8-9H2,1-2H3. The number of hydrogen-bond donors (Lipinski definition) is 1. The Bertz CT molecular complexity index is 322. The van der Waals surface area contributed by atoms with Gasteiger partial charge in [0.2, 0.25) is 0 Å². The number of benzene rings is 1. The van der Waals surface area contributed by atoms with E-state index in [4.69, 9.17) is 27.9 Å². The quantitative estimate of drug-likeness (QED) is 0.766. The van der Waals surface area contributed by atoms with Crippen LogP contribution in [0.4, 0.5) is 0 Å². The van der Waals surface area contributed by atoms with Gasteiger partial charge in [0.15, 0.2) is 0 Å². The van der Waals surface area contributed by atoms with Crippen LogP contribution >= 0.6 is 23.2 Å². The predicted octanol–water partition coefficient (Wildman–Crippen LogP) is 3.76. The normalized spacial score (nSPS) is 11.1. The smallest absolute Gasteiger partial charge is 0.0591 e. The largest absolute Gasteiger partial charge is 0.380 e. The molecule has 0 saturated carbocycles. The maximum Gasteiger partial charge on any atom is 0.0591 e. The second kappa shape index (κ2) is 7.93. The second-order valence-electron chi connectivity index (χ2n) is 4.42. The minimum absolute atomic E-state index is 0.585. The first kappa shape index (κ1) is 14.8. The average molecular weight is 276 g/mol. The van der Waals surface area contributed by atoms with Crippen LogP contribution in [0.25, 0.3) is 0 Å². The van der Waals surface area contributed by atoms with Crippen molar-refractivity contribution in [2.75, 3.05) is 19.8 Å². The van der Waals surface area contributed by atoms with E-state index in [1.54, 1.807) is 6.07 Å². The highest BCUT2D eigenvalue weighted by Gasteiger charge is 1.98. The highest BCUT2D eigenvalue weighted by molar-refractivity contribution is 6.34. The van der Waals surface area contributed by atoms with Crippen LogP contribution in [-0.2, 0) is 11.3 Å². The summed E-state index contributed by atoms with van der Waals surface area (Å²) in [5, 5.41) is 4.63. The first-order chi connectivity index (χ1) is 8.08. The van der Waals surface area contributed by atoms with Crippen molar-refractivity contribution in [3.63, 3.8) is 0 Å². The highest BCUT2D eigenvalue weighted by atomic mass is 35.5. The Labute approximate surface area is 113 Å². The van der Waals surface area contributed by atoms with E-state index >= 15 is 0 Å². The van der Waals surface area contributed by atoms with Crippen LogP contribution in [0.3, 0.4) is 0 Å². The zero-order valence-electron chi connectivity index (χ0n) is 10.3. The molecule has 1 aromatic rings. The molecule has 0 radical (unpaired) electrons. The lowest BCUT2D eigenvalue weighted by molar-refractivity contribution is 0.111. The topological polar surface area (TPSA) is 21.3 Å². The lowest BCUT2D eigenvalue weighted by atomic mass is 10.2. The van der Waals surface area contributed by atoms with Crippen LogP contribution in [-0.4, -0.2) is 19.8 Å². The lowest BCUT2D eigenvalue weighted by Crippen LogP contribution is -2.20. The molecule has 0 aromatic heterocycles. The Morgan fingerprint density at radius 3 is 2.41 bits per heavy atom. The summed E-state index contributed by atoms with van der Waals surface area (Å²) in [6, 6.07) is 5.56. The predicted molar refractivity (Wildman–Crippen MR) is 73.8 cm³/mol. The van der Waals surface area contributed by atoms with Gasteiger partial charge in [-0.05, 0) is 29.7 Å². The van der Waals surface area contributed by atoms with Gasteiger partial charge >= 0.3 is 0 Å². The monoisotopic (exact) mass is 275 g/mol. The molecule has 2 nitrogen and oxygen atoms in total. The summed E-state index contributed by atoms with van der Waals surface area (Å²) in [4.78, 5) is 0. The van der Waals surface area contributed by atoms with E-state index in [9.17, 15) is 0 Å². The van der Waals surface area contributed by atoms with Gasteiger partial charge in [0.1, 0.15) is 0 Å². The van der Waals surface area contributed by atoms with E-state index in [1.165, 1.54) is 0 Å². The second-order valence-corrected chi connectivity index (χ2v) is 5.30. The molecule has 0 heterocycles. The van der Waals surface area contributed by atoms with Crippen LogP contribution < -0.4 is 5.32 Å². The summed E-state index contributed by atoms with van der Waals surface area (Å²) in [5.74, 6) is 0.585. The van der Waals surface area contributed by atoms with Crippen LogP contribution in [0.15, 0.2) is 18.2 Å². The Hall–Kier alpha value is -0.280. The molecule has 96 valence electrons. The Morgan fingerprint density at radius 2 is 1.82 bits per heavy atom. The number of rotatable bonds is 7. The average Bonchev–Trinajstić information content (AvgIpc) is 2.21. The summed E-state index contributed by atoms with van der Waals surface area (Å²) in [5.41, 5.74) is 1.09. The number of ether oxygens (including phenoxy) is 1. The molecule has 0 amide bonds. The molecular formula is C13H19Cl2NO. The van der Waals surface area contributed by atoms with Crippen molar-refractivity contribution < 1.29 is 4.74 Å². The van der Waals surface area contributed by atoms with Gasteiger partial charge in [-0.2, -0.15) is 0 Å². The summed E-state index contributed by atoms with van der Waals surface area (Å²) in [6.45, 7) is 7.40. The van der Waals surface area contributed by atoms with Crippen LogP contribution in [0, 0.1) is 5.92 Å². The van der Waals surface area contributed by atoms with Crippen molar-refractivity contribution in [3.8, 4) is 0 Å². The first-order valence-corrected chi connectivity index (χ1v) is 6.57. The molecule has 0 bridgehead atoms. The fraction of sp³-hybridized carbons (Fsp3) is 0.538. The minimum Gasteiger partial charge on any atom is -0.380 e. The van der Waals surface area contributed by atoms with Gasteiger partial charge in [-0.25, -0.2) is 0 Å². The highest BCUT2D eigenvalue weighted by Crippen LogP contribution is 2.18. The van der Waals surface area contributed by atoms with Crippen molar-refractivity contribution in [1.82, 2.24) is 5.32 Å².